The van der Waals surface area contributed by atoms with E-state index in [4.69, 9.17) is 4.74 Å². The molecule has 0 aliphatic heterocycles. The number of nitrogens with one attached hydrogen (secondary N) is 1. The Morgan fingerprint density at radius 3 is 2.75 bits per heavy atom. The van der Waals surface area contributed by atoms with Gasteiger partial charge in [0.25, 0.3) is 5.91 Å². The lowest BCUT2D eigenvalue weighted by atomic mass is 10.2. The first-order chi connectivity index (χ1) is 7.58. The average Bonchev–Trinajstić information content (AvgIpc) is 2.28. The molecule has 0 aromatic heterocycles. The van der Waals surface area contributed by atoms with E-state index in [-0.39, 0.29) is 11.9 Å². The van der Waals surface area contributed by atoms with Crippen molar-refractivity contribution in [3.05, 3.63) is 28.2 Å². The highest BCUT2D eigenvalue weighted by molar-refractivity contribution is 9.10. The van der Waals surface area contributed by atoms with Gasteiger partial charge in [-0.2, -0.15) is 0 Å². The maximum absolute atomic E-state index is 11.8. The average molecular weight is 286 g/mol. The van der Waals surface area contributed by atoms with E-state index in [2.05, 4.69) is 21.2 Å². The molecular formula is C12H16BrNO2. The van der Waals surface area contributed by atoms with Crippen molar-refractivity contribution in [2.75, 3.05) is 7.11 Å². The number of amides is 1. The van der Waals surface area contributed by atoms with Crippen LogP contribution in [0.5, 0.6) is 5.75 Å². The topological polar surface area (TPSA) is 38.3 Å². The van der Waals surface area contributed by atoms with E-state index in [1.165, 1.54) is 0 Å². The number of rotatable bonds is 4. The van der Waals surface area contributed by atoms with Crippen LogP contribution in [0.3, 0.4) is 0 Å². The molecule has 0 heterocycles. The van der Waals surface area contributed by atoms with Crippen molar-refractivity contribution < 1.29 is 9.53 Å². The molecule has 1 aromatic rings. The van der Waals surface area contributed by atoms with E-state index in [9.17, 15) is 4.79 Å². The molecule has 1 N–H and O–H groups in total. The van der Waals surface area contributed by atoms with Gasteiger partial charge in [-0.05, 0) is 47.5 Å². The Hall–Kier alpha value is -1.03. The summed E-state index contributed by atoms with van der Waals surface area (Å²) in [5, 5.41) is 2.91. The number of benzene rings is 1. The molecule has 0 spiro atoms. The second kappa shape index (κ2) is 5.89. The zero-order valence-electron chi connectivity index (χ0n) is 9.71. The molecule has 4 heteroatoms. The quantitative estimate of drug-likeness (QED) is 0.924. The minimum Gasteiger partial charge on any atom is -0.496 e. The van der Waals surface area contributed by atoms with Crippen LogP contribution >= 0.6 is 15.9 Å². The van der Waals surface area contributed by atoms with Crippen molar-refractivity contribution in [3.63, 3.8) is 0 Å². The number of hydrogen-bond donors (Lipinski definition) is 1. The predicted molar refractivity (Wildman–Crippen MR) is 67.9 cm³/mol. The van der Waals surface area contributed by atoms with Crippen LogP contribution < -0.4 is 10.1 Å². The van der Waals surface area contributed by atoms with E-state index >= 15 is 0 Å². The Morgan fingerprint density at radius 2 is 2.25 bits per heavy atom. The van der Waals surface area contributed by atoms with Crippen LogP contribution in [-0.4, -0.2) is 19.1 Å². The molecule has 1 aromatic carbocycles. The van der Waals surface area contributed by atoms with Gasteiger partial charge >= 0.3 is 0 Å². The van der Waals surface area contributed by atoms with Crippen LogP contribution in [0.15, 0.2) is 22.7 Å². The summed E-state index contributed by atoms with van der Waals surface area (Å²) in [6, 6.07) is 5.47. The zero-order chi connectivity index (χ0) is 12.1. The zero-order valence-corrected chi connectivity index (χ0v) is 11.3. The molecule has 1 rings (SSSR count). The highest BCUT2D eigenvalue weighted by atomic mass is 79.9. The third-order valence-electron chi connectivity index (χ3n) is 2.40. The molecule has 1 amide bonds. The van der Waals surface area contributed by atoms with Gasteiger partial charge in [0.2, 0.25) is 0 Å². The Morgan fingerprint density at radius 1 is 1.56 bits per heavy atom. The maximum atomic E-state index is 11.8. The third kappa shape index (κ3) is 3.23. The van der Waals surface area contributed by atoms with Crippen molar-refractivity contribution in [2.45, 2.75) is 26.3 Å². The van der Waals surface area contributed by atoms with Gasteiger partial charge in [-0.1, -0.05) is 6.92 Å². The molecule has 0 fully saturated rings. The Balaban J connectivity index is 2.81. The van der Waals surface area contributed by atoms with Crippen LogP contribution in [0, 0.1) is 0 Å². The lowest BCUT2D eigenvalue weighted by Crippen LogP contribution is -2.31. The van der Waals surface area contributed by atoms with Crippen molar-refractivity contribution >= 4 is 21.8 Å². The lowest BCUT2D eigenvalue weighted by Gasteiger charge is -2.12. The van der Waals surface area contributed by atoms with E-state index < -0.39 is 0 Å². The fourth-order valence-corrected chi connectivity index (χ4v) is 1.76. The van der Waals surface area contributed by atoms with Crippen LogP contribution in [0.2, 0.25) is 0 Å². The number of hydrogen-bond acceptors (Lipinski definition) is 2. The predicted octanol–water partition coefficient (Wildman–Crippen LogP) is 2.99. The first-order valence-electron chi connectivity index (χ1n) is 5.22. The lowest BCUT2D eigenvalue weighted by molar-refractivity contribution is 0.0939. The third-order valence-corrected chi connectivity index (χ3v) is 3.02. The Kier molecular flexibility index (Phi) is 4.80. The van der Waals surface area contributed by atoms with Gasteiger partial charge in [0.1, 0.15) is 5.75 Å². The van der Waals surface area contributed by atoms with Gasteiger partial charge in [-0.15, -0.1) is 0 Å². The van der Waals surface area contributed by atoms with E-state index in [1.807, 2.05) is 13.8 Å². The summed E-state index contributed by atoms with van der Waals surface area (Å²) >= 11 is 3.35. The molecular weight excluding hydrogens is 270 g/mol. The molecule has 0 unspecified atom stereocenters. The second-order valence-electron chi connectivity index (χ2n) is 3.63. The maximum Gasteiger partial charge on any atom is 0.251 e. The smallest absolute Gasteiger partial charge is 0.251 e. The first kappa shape index (κ1) is 13.0. The van der Waals surface area contributed by atoms with Crippen LogP contribution in [0.25, 0.3) is 0 Å². The van der Waals surface area contributed by atoms with Gasteiger partial charge in [0.15, 0.2) is 0 Å². The van der Waals surface area contributed by atoms with Gasteiger partial charge in [0.05, 0.1) is 11.6 Å². The fourth-order valence-electron chi connectivity index (χ4n) is 1.22. The largest absolute Gasteiger partial charge is 0.496 e. The van der Waals surface area contributed by atoms with E-state index in [0.717, 1.165) is 16.6 Å². The molecule has 88 valence electrons. The summed E-state index contributed by atoms with van der Waals surface area (Å²) < 4.78 is 5.89. The molecule has 0 saturated carbocycles. The van der Waals surface area contributed by atoms with Gasteiger partial charge in [-0.25, -0.2) is 0 Å². The number of halogens is 1. The highest BCUT2D eigenvalue weighted by Gasteiger charge is 2.10. The van der Waals surface area contributed by atoms with E-state index in [1.54, 1.807) is 25.3 Å². The Labute approximate surface area is 104 Å². The number of carbonyl (C=O) groups is 1. The number of carbonyl (C=O) groups excluding carboxylic acids is 1. The molecule has 0 bridgehead atoms. The molecule has 3 nitrogen and oxygen atoms in total. The molecule has 16 heavy (non-hydrogen) atoms. The minimum absolute atomic E-state index is 0.0577. The summed E-state index contributed by atoms with van der Waals surface area (Å²) in [7, 11) is 1.60. The van der Waals surface area contributed by atoms with Gasteiger partial charge < -0.3 is 10.1 Å². The minimum atomic E-state index is -0.0577. The molecule has 0 aliphatic carbocycles. The number of methoxy groups -OCH3 is 1. The molecule has 0 saturated heterocycles. The van der Waals surface area contributed by atoms with Crippen molar-refractivity contribution in [2.24, 2.45) is 0 Å². The molecule has 1 atom stereocenters. The monoisotopic (exact) mass is 285 g/mol. The molecule has 0 aliphatic rings. The van der Waals surface area contributed by atoms with E-state index in [0.29, 0.717) is 5.56 Å². The number of ether oxygens (including phenoxy) is 1. The Bertz CT molecular complexity index is 379. The van der Waals surface area contributed by atoms with Crippen molar-refractivity contribution in [1.29, 1.82) is 0 Å². The van der Waals surface area contributed by atoms with Crippen molar-refractivity contribution in [1.82, 2.24) is 5.32 Å². The summed E-state index contributed by atoms with van der Waals surface area (Å²) in [5.74, 6) is 0.665. The van der Waals surface area contributed by atoms with Crippen molar-refractivity contribution in [3.8, 4) is 5.75 Å². The van der Waals surface area contributed by atoms with Crippen LogP contribution in [0.4, 0.5) is 0 Å². The van der Waals surface area contributed by atoms with Crippen LogP contribution in [-0.2, 0) is 0 Å². The summed E-state index contributed by atoms with van der Waals surface area (Å²) in [4.78, 5) is 11.8. The highest BCUT2D eigenvalue weighted by Crippen LogP contribution is 2.25. The van der Waals surface area contributed by atoms with Gasteiger partial charge in [0, 0.05) is 11.6 Å². The molecule has 0 radical (unpaired) electrons. The summed E-state index contributed by atoms with van der Waals surface area (Å²) in [6.07, 6.45) is 0.920. The standard InChI is InChI=1S/C12H16BrNO2/c1-4-8(2)14-12(15)9-5-6-11(16-3)10(13)7-9/h5-8H,4H2,1-3H3,(H,14,15)/t8-/m1/s1. The second-order valence-corrected chi connectivity index (χ2v) is 4.49. The van der Waals surface area contributed by atoms with Gasteiger partial charge in [-0.3, -0.25) is 4.79 Å². The SMILES string of the molecule is CC[C@@H](C)NC(=O)c1ccc(OC)c(Br)c1. The normalized spacial score (nSPS) is 12.0. The summed E-state index contributed by atoms with van der Waals surface area (Å²) in [5.41, 5.74) is 0.632. The van der Waals surface area contributed by atoms with Crippen LogP contribution in [0.1, 0.15) is 30.6 Å². The summed E-state index contributed by atoms with van der Waals surface area (Å²) in [6.45, 7) is 4.02. The fraction of sp³-hybridized carbons (Fsp3) is 0.417. The first-order valence-corrected chi connectivity index (χ1v) is 6.02.